The molecular weight excluding hydrogens is 282 g/mol. The molecule has 0 aliphatic heterocycles. The van der Waals surface area contributed by atoms with Crippen LogP contribution in [0.4, 0.5) is 5.13 Å². The normalized spacial score (nSPS) is 11.4. The minimum absolute atomic E-state index is 0.0582. The molecule has 2 aromatic heterocycles. The summed E-state index contributed by atoms with van der Waals surface area (Å²) in [5.74, 6) is 0.757. The molecular formula is C16H23N3OS. The molecule has 0 spiro atoms. The van der Waals surface area contributed by atoms with Gasteiger partial charge >= 0.3 is 0 Å². The fourth-order valence-corrected chi connectivity index (χ4v) is 3.03. The first-order valence-corrected chi connectivity index (χ1v) is 8.19. The van der Waals surface area contributed by atoms with Gasteiger partial charge in [-0.2, -0.15) is 0 Å². The number of nitrogens with one attached hydrogen (secondary N) is 1. The molecule has 0 aliphatic rings. The first kappa shape index (κ1) is 15.8. The number of thiazole rings is 1. The maximum atomic E-state index is 12.8. The van der Waals surface area contributed by atoms with Gasteiger partial charge in [0.1, 0.15) is 0 Å². The molecule has 0 amide bonds. The van der Waals surface area contributed by atoms with Crippen molar-refractivity contribution in [3.63, 3.8) is 0 Å². The van der Waals surface area contributed by atoms with E-state index in [1.165, 1.54) is 11.3 Å². The third kappa shape index (κ3) is 3.35. The SMILES string of the molecule is CNc1nc(-c2ccc(C(C)C)n(CC(C)C)c2=O)cs1. The maximum Gasteiger partial charge on any atom is 0.260 e. The zero-order chi connectivity index (χ0) is 15.6. The Balaban J connectivity index is 2.56. The maximum absolute atomic E-state index is 12.8. The highest BCUT2D eigenvalue weighted by molar-refractivity contribution is 7.14. The molecule has 2 heterocycles. The molecule has 2 rings (SSSR count). The average Bonchev–Trinajstić information content (AvgIpc) is 2.88. The van der Waals surface area contributed by atoms with Crippen LogP contribution in [0.3, 0.4) is 0 Å². The van der Waals surface area contributed by atoms with Crippen molar-refractivity contribution in [2.45, 2.75) is 40.2 Å². The van der Waals surface area contributed by atoms with Gasteiger partial charge in [-0.05, 0) is 24.0 Å². The molecule has 0 aliphatic carbocycles. The van der Waals surface area contributed by atoms with Gasteiger partial charge in [-0.15, -0.1) is 11.3 Å². The first-order valence-electron chi connectivity index (χ1n) is 7.31. The number of rotatable bonds is 5. The third-order valence-electron chi connectivity index (χ3n) is 3.34. The molecule has 5 heteroatoms. The lowest BCUT2D eigenvalue weighted by molar-refractivity contribution is 0.488. The monoisotopic (exact) mass is 305 g/mol. The van der Waals surface area contributed by atoms with E-state index in [1.807, 2.05) is 23.1 Å². The van der Waals surface area contributed by atoms with Crippen molar-refractivity contribution < 1.29 is 0 Å². The third-order valence-corrected chi connectivity index (χ3v) is 4.20. The first-order chi connectivity index (χ1) is 9.93. The summed E-state index contributed by atoms with van der Waals surface area (Å²) >= 11 is 1.51. The lowest BCUT2D eigenvalue weighted by atomic mass is 10.1. The molecule has 2 aromatic rings. The standard InChI is InChI=1S/C16H23N3OS/c1-10(2)8-19-14(11(3)4)7-6-12(15(19)20)13-9-21-16(17-5)18-13/h6-7,9-11H,8H2,1-5H3,(H,17,18). The fourth-order valence-electron chi connectivity index (χ4n) is 2.36. The predicted octanol–water partition coefficient (Wildman–Crippen LogP) is 3.79. The Morgan fingerprint density at radius 2 is 2.00 bits per heavy atom. The van der Waals surface area contributed by atoms with Crippen LogP contribution in [0.1, 0.15) is 39.3 Å². The van der Waals surface area contributed by atoms with Crippen LogP contribution < -0.4 is 10.9 Å². The van der Waals surface area contributed by atoms with Gasteiger partial charge in [0.05, 0.1) is 11.3 Å². The second-order valence-electron chi connectivity index (χ2n) is 5.92. The summed E-state index contributed by atoms with van der Waals surface area (Å²) in [7, 11) is 1.83. The number of pyridine rings is 1. The zero-order valence-electron chi connectivity index (χ0n) is 13.3. The Labute approximate surface area is 129 Å². The summed E-state index contributed by atoms with van der Waals surface area (Å²) in [5.41, 5.74) is 2.57. The van der Waals surface area contributed by atoms with Crippen LogP contribution in [0.5, 0.6) is 0 Å². The van der Waals surface area contributed by atoms with Crippen LogP contribution in [-0.2, 0) is 6.54 Å². The highest BCUT2D eigenvalue weighted by atomic mass is 32.1. The molecule has 0 bridgehead atoms. The quantitative estimate of drug-likeness (QED) is 0.914. The van der Waals surface area contributed by atoms with Gasteiger partial charge in [-0.25, -0.2) is 4.98 Å². The molecule has 0 radical (unpaired) electrons. The highest BCUT2D eigenvalue weighted by Crippen LogP contribution is 2.24. The minimum Gasteiger partial charge on any atom is -0.365 e. The summed E-state index contributed by atoms with van der Waals surface area (Å²) in [4.78, 5) is 17.3. The Bertz CT molecular complexity index is 670. The van der Waals surface area contributed by atoms with Gasteiger partial charge in [-0.3, -0.25) is 4.79 Å². The van der Waals surface area contributed by atoms with Gasteiger partial charge in [0.2, 0.25) is 0 Å². The van der Waals surface area contributed by atoms with Gasteiger partial charge in [0.25, 0.3) is 5.56 Å². The highest BCUT2D eigenvalue weighted by Gasteiger charge is 2.15. The van der Waals surface area contributed by atoms with Crippen molar-refractivity contribution in [3.8, 4) is 11.3 Å². The van der Waals surface area contributed by atoms with Crippen molar-refractivity contribution in [2.24, 2.45) is 5.92 Å². The molecule has 0 atom stereocenters. The van der Waals surface area contributed by atoms with E-state index in [4.69, 9.17) is 0 Å². The molecule has 4 nitrogen and oxygen atoms in total. The summed E-state index contributed by atoms with van der Waals surface area (Å²) in [6, 6.07) is 3.96. The molecule has 0 saturated carbocycles. The Hall–Kier alpha value is -1.62. The minimum atomic E-state index is 0.0582. The average molecular weight is 305 g/mol. The summed E-state index contributed by atoms with van der Waals surface area (Å²) in [5, 5.41) is 5.77. The van der Waals surface area contributed by atoms with E-state index in [0.717, 1.165) is 23.1 Å². The van der Waals surface area contributed by atoms with Gasteiger partial charge in [0.15, 0.2) is 5.13 Å². The van der Waals surface area contributed by atoms with Crippen LogP contribution >= 0.6 is 11.3 Å². The van der Waals surface area contributed by atoms with E-state index in [-0.39, 0.29) is 5.56 Å². The Morgan fingerprint density at radius 3 is 2.52 bits per heavy atom. The Morgan fingerprint density at radius 1 is 1.29 bits per heavy atom. The number of hydrogen-bond acceptors (Lipinski definition) is 4. The van der Waals surface area contributed by atoms with Crippen molar-refractivity contribution in [1.29, 1.82) is 0 Å². The molecule has 0 aromatic carbocycles. The Kier molecular flexibility index (Phi) is 4.83. The lowest BCUT2D eigenvalue weighted by Crippen LogP contribution is -2.27. The van der Waals surface area contributed by atoms with Gasteiger partial charge < -0.3 is 9.88 Å². The smallest absolute Gasteiger partial charge is 0.260 e. The summed E-state index contributed by atoms with van der Waals surface area (Å²) in [6.45, 7) is 9.24. The van der Waals surface area contributed by atoms with Crippen LogP contribution in [0.15, 0.2) is 22.3 Å². The van der Waals surface area contributed by atoms with Crippen molar-refractivity contribution >= 4 is 16.5 Å². The van der Waals surface area contributed by atoms with E-state index < -0.39 is 0 Å². The van der Waals surface area contributed by atoms with Crippen molar-refractivity contribution in [3.05, 3.63) is 33.6 Å². The number of nitrogens with zero attached hydrogens (tertiary/aromatic N) is 2. The van der Waals surface area contributed by atoms with E-state index in [2.05, 4.69) is 44.1 Å². The lowest BCUT2D eigenvalue weighted by Gasteiger charge is -2.18. The molecule has 1 N–H and O–H groups in total. The number of anilines is 1. The van der Waals surface area contributed by atoms with Crippen molar-refractivity contribution in [2.75, 3.05) is 12.4 Å². The molecule has 0 saturated heterocycles. The van der Waals surface area contributed by atoms with Crippen LogP contribution in [0.25, 0.3) is 11.3 Å². The van der Waals surface area contributed by atoms with E-state index >= 15 is 0 Å². The predicted molar refractivity (Wildman–Crippen MR) is 90.3 cm³/mol. The molecule has 114 valence electrons. The van der Waals surface area contributed by atoms with E-state index in [9.17, 15) is 4.79 Å². The van der Waals surface area contributed by atoms with Crippen molar-refractivity contribution in [1.82, 2.24) is 9.55 Å². The van der Waals surface area contributed by atoms with E-state index in [1.54, 1.807) is 0 Å². The van der Waals surface area contributed by atoms with Crippen LogP contribution in [-0.4, -0.2) is 16.6 Å². The number of aromatic nitrogens is 2. The van der Waals surface area contributed by atoms with Crippen LogP contribution in [0.2, 0.25) is 0 Å². The summed E-state index contributed by atoms with van der Waals surface area (Å²) in [6.07, 6.45) is 0. The molecule has 21 heavy (non-hydrogen) atoms. The second-order valence-corrected chi connectivity index (χ2v) is 6.78. The van der Waals surface area contributed by atoms with Gasteiger partial charge in [-0.1, -0.05) is 27.7 Å². The molecule has 0 fully saturated rings. The largest absolute Gasteiger partial charge is 0.365 e. The van der Waals surface area contributed by atoms with Crippen LogP contribution in [0, 0.1) is 5.92 Å². The van der Waals surface area contributed by atoms with Gasteiger partial charge in [0, 0.05) is 24.7 Å². The number of hydrogen-bond donors (Lipinski definition) is 1. The topological polar surface area (TPSA) is 46.9 Å². The second kappa shape index (κ2) is 6.43. The molecule has 0 unspecified atom stereocenters. The fraction of sp³-hybridized carbons (Fsp3) is 0.500. The summed E-state index contributed by atoms with van der Waals surface area (Å²) < 4.78 is 1.91. The zero-order valence-corrected chi connectivity index (χ0v) is 14.1. The van der Waals surface area contributed by atoms with E-state index in [0.29, 0.717) is 17.4 Å².